The summed E-state index contributed by atoms with van der Waals surface area (Å²) >= 11 is 0. The molecular weight excluding hydrogens is 377 g/mol. The van der Waals surface area contributed by atoms with Gasteiger partial charge in [0.15, 0.2) is 6.10 Å². The Kier molecular flexibility index (Phi) is 9.88. The van der Waals surface area contributed by atoms with Gasteiger partial charge in [-0.25, -0.2) is 9.78 Å². The van der Waals surface area contributed by atoms with Gasteiger partial charge in [-0.3, -0.25) is 0 Å². The number of halogens is 2. The summed E-state index contributed by atoms with van der Waals surface area (Å²) in [5, 5.41) is 9.19. The van der Waals surface area contributed by atoms with E-state index in [0.717, 1.165) is 5.56 Å². The number of aromatic amines is 1. The first kappa shape index (κ1) is 24.4. The van der Waals surface area contributed by atoms with Crippen molar-refractivity contribution in [2.24, 2.45) is 5.73 Å². The number of nitrogens with one attached hydrogen (secondary N) is 1. The predicted octanol–water partition coefficient (Wildman–Crippen LogP) is 3.19. The molecule has 0 amide bonds. The fourth-order valence-electron chi connectivity index (χ4n) is 2.37. The molecule has 0 bridgehead atoms. The highest BCUT2D eigenvalue weighted by atomic mass is 35.5. The minimum atomic E-state index is -1.01. The summed E-state index contributed by atoms with van der Waals surface area (Å²) in [6, 6.07) is 8.20. The van der Waals surface area contributed by atoms with Gasteiger partial charge in [0, 0.05) is 30.4 Å². The number of hydrogen-bond acceptors (Lipinski definition) is 4. The van der Waals surface area contributed by atoms with Crippen molar-refractivity contribution in [2.75, 3.05) is 13.2 Å². The molecule has 0 saturated carbocycles. The van der Waals surface area contributed by atoms with Crippen molar-refractivity contribution in [1.82, 2.24) is 9.97 Å². The normalized spacial score (nSPS) is 12.0. The summed E-state index contributed by atoms with van der Waals surface area (Å²) in [5.74, 6) is -0.289. The van der Waals surface area contributed by atoms with Gasteiger partial charge in [-0.05, 0) is 11.0 Å². The fraction of sp³-hybridized carbons (Fsp3) is 0.444. The number of rotatable bonds is 7. The Morgan fingerprint density at radius 3 is 2.38 bits per heavy atom. The van der Waals surface area contributed by atoms with Crippen LogP contribution in [0.3, 0.4) is 0 Å². The maximum absolute atomic E-state index is 11.2. The van der Waals surface area contributed by atoms with Crippen LogP contribution in [0.4, 0.5) is 0 Å². The SMILES string of the molecule is CC(C)(C)c1ccc(-c2ncc(C[C@H](OCCN)C(=O)O)[nH]2)cc1.Cl.Cl. The van der Waals surface area contributed by atoms with Crippen molar-refractivity contribution < 1.29 is 14.6 Å². The number of carboxylic acids is 1. The van der Waals surface area contributed by atoms with Gasteiger partial charge in [-0.1, -0.05) is 45.0 Å². The first-order valence-corrected chi connectivity index (χ1v) is 8.00. The molecule has 1 aromatic carbocycles. The number of nitrogens with two attached hydrogens (primary N) is 1. The molecular formula is C18H27Cl2N3O3. The number of hydrogen-bond donors (Lipinski definition) is 3. The van der Waals surface area contributed by atoms with E-state index in [1.54, 1.807) is 6.20 Å². The zero-order valence-corrected chi connectivity index (χ0v) is 16.8. The first-order chi connectivity index (χ1) is 11.3. The van der Waals surface area contributed by atoms with Gasteiger partial charge >= 0.3 is 5.97 Å². The molecule has 1 atom stereocenters. The summed E-state index contributed by atoms with van der Waals surface area (Å²) in [6.07, 6.45) is 0.946. The van der Waals surface area contributed by atoms with E-state index in [4.69, 9.17) is 10.5 Å². The Balaban J connectivity index is 0.00000312. The van der Waals surface area contributed by atoms with E-state index >= 15 is 0 Å². The number of H-pyrrole nitrogens is 1. The molecule has 0 spiro atoms. The Morgan fingerprint density at radius 2 is 1.88 bits per heavy atom. The van der Waals surface area contributed by atoms with Gasteiger partial charge in [-0.2, -0.15) is 0 Å². The van der Waals surface area contributed by atoms with Crippen molar-refractivity contribution >= 4 is 30.8 Å². The van der Waals surface area contributed by atoms with Crippen molar-refractivity contribution in [3.8, 4) is 11.4 Å². The quantitative estimate of drug-likeness (QED) is 0.658. The van der Waals surface area contributed by atoms with Crippen LogP contribution in [-0.4, -0.2) is 40.3 Å². The zero-order chi connectivity index (χ0) is 17.7. The average molecular weight is 404 g/mol. The topological polar surface area (TPSA) is 101 Å². The third-order valence-corrected chi connectivity index (χ3v) is 3.77. The molecule has 0 aliphatic carbocycles. The van der Waals surface area contributed by atoms with Gasteiger partial charge in [0.2, 0.25) is 0 Å². The van der Waals surface area contributed by atoms with Crippen LogP contribution >= 0.6 is 24.8 Å². The number of aliphatic carboxylic acids is 1. The predicted molar refractivity (Wildman–Crippen MR) is 107 cm³/mol. The van der Waals surface area contributed by atoms with E-state index < -0.39 is 12.1 Å². The van der Waals surface area contributed by atoms with Crippen molar-refractivity contribution in [1.29, 1.82) is 0 Å². The summed E-state index contributed by atoms with van der Waals surface area (Å²) in [6.45, 7) is 7.01. The van der Waals surface area contributed by atoms with E-state index in [2.05, 4.69) is 42.9 Å². The zero-order valence-electron chi connectivity index (χ0n) is 15.2. The van der Waals surface area contributed by atoms with E-state index in [1.807, 2.05) is 12.1 Å². The van der Waals surface area contributed by atoms with Gasteiger partial charge in [0.05, 0.1) is 6.61 Å². The van der Waals surface area contributed by atoms with E-state index in [-0.39, 0.29) is 49.8 Å². The number of carboxylic acid groups (broad SMARTS) is 1. The molecule has 1 heterocycles. The van der Waals surface area contributed by atoms with Gasteiger partial charge in [0.25, 0.3) is 0 Å². The van der Waals surface area contributed by atoms with Gasteiger partial charge in [0.1, 0.15) is 5.82 Å². The van der Waals surface area contributed by atoms with Crippen molar-refractivity contribution in [3.05, 3.63) is 41.7 Å². The summed E-state index contributed by atoms with van der Waals surface area (Å²) < 4.78 is 5.25. The minimum absolute atomic E-state index is 0. The number of aromatic nitrogens is 2. The Labute approximate surface area is 166 Å². The summed E-state index contributed by atoms with van der Waals surface area (Å²) in [4.78, 5) is 18.7. The van der Waals surface area contributed by atoms with Crippen LogP contribution in [0.15, 0.2) is 30.5 Å². The Morgan fingerprint density at radius 1 is 1.27 bits per heavy atom. The average Bonchev–Trinajstić information content (AvgIpc) is 2.99. The molecule has 2 aromatic rings. The molecule has 0 unspecified atom stereocenters. The van der Waals surface area contributed by atoms with Crippen LogP contribution in [0.25, 0.3) is 11.4 Å². The third-order valence-electron chi connectivity index (χ3n) is 3.77. The largest absolute Gasteiger partial charge is 0.479 e. The standard InChI is InChI=1S/C18H25N3O3.2ClH/c1-18(2,3)13-6-4-12(5-7-13)16-20-11-14(21-16)10-15(17(22)23)24-9-8-19;;/h4-7,11,15H,8-10,19H2,1-3H3,(H,20,21)(H,22,23);2*1H/t15-;;/m0../s1. The molecule has 0 aliphatic heterocycles. The summed E-state index contributed by atoms with van der Waals surface area (Å²) in [7, 11) is 0. The lowest BCUT2D eigenvalue weighted by Gasteiger charge is -2.18. The highest BCUT2D eigenvalue weighted by molar-refractivity contribution is 5.85. The number of benzene rings is 1. The molecule has 0 fully saturated rings. The van der Waals surface area contributed by atoms with E-state index in [9.17, 15) is 9.90 Å². The number of ether oxygens (including phenoxy) is 1. The molecule has 0 saturated heterocycles. The lowest BCUT2D eigenvalue weighted by molar-refractivity contribution is -0.150. The molecule has 6 nitrogen and oxygen atoms in total. The molecule has 1 aromatic heterocycles. The highest BCUT2D eigenvalue weighted by Gasteiger charge is 2.20. The molecule has 0 radical (unpaired) electrons. The van der Waals surface area contributed by atoms with Gasteiger partial charge in [-0.15, -0.1) is 24.8 Å². The lowest BCUT2D eigenvalue weighted by atomic mass is 9.87. The van der Waals surface area contributed by atoms with Crippen LogP contribution < -0.4 is 5.73 Å². The number of carbonyl (C=O) groups is 1. The fourth-order valence-corrected chi connectivity index (χ4v) is 2.37. The third kappa shape index (κ3) is 6.61. The molecule has 4 N–H and O–H groups in total. The Hall–Kier alpha value is -1.60. The second kappa shape index (κ2) is 10.5. The highest BCUT2D eigenvalue weighted by Crippen LogP contribution is 2.25. The Bertz CT molecular complexity index is 682. The van der Waals surface area contributed by atoms with E-state index in [1.165, 1.54) is 5.56 Å². The molecule has 2 rings (SSSR count). The molecule has 0 aliphatic rings. The van der Waals surface area contributed by atoms with Crippen LogP contribution in [0.1, 0.15) is 32.0 Å². The van der Waals surface area contributed by atoms with Crippen LogP contribution in [0.5, 0.6) is 0 Å². The van der Waals surface area contributed by atoms with Crippen molar-refractivity contribution in [2.45, 2.75) is 38.7 Å². The van der Waals surface area contributed by atoms with E-state index in [0.29, 0.717) is 11.5 Å². The minimum Gasteiger partial charge on any atom is -0.479 e. The second-order valence-corrected chi connectivity index (χ2v) is 6.77. The number of nitrogens with zero attached hydrogens (tertiary/aromatic N) is 1. The first-order valence-electron chi connectivity index (χ1n) is 8.00. The van der Waals surface area contributed by atoms with Crippen LogP contribution in [0.2, 0.25) is 0 Å². The van der Waals surface area contributed by atoms with Crippen molar-refractivity contribution in [3.63, 3.8) is 0 Å². The number of imidazole rings is 1. The molecule has 146 valence electrons. The maximum atomic E-state index is 11.2. The maximum Gasteiger partial charge on any atom is 0.333 e. The summed E-state index contributed by atoms with van der Waals surface area (Å²) in [5.41, 5.74) is 8.38. The van der Waals surface area contributed by atoms with Crippen LogP contribution in [0, 0.1) is 0 Å². The lowest BCUT2D eigenvalue weighted by Crippen LogP contribution is -2.28. The van der Waals surface area contributed by atoms with Crippen LogP contribution in [-0.2, 0) is 21.4 Å². The smallest absolute Gasteiger partial charge is 0.333 e. The second-order valence-electron chi connectivity index (χ2n) is 6.77. The molecule has 26 heavy (non-hydrogen) atoms. The molecule has 8 heteroatoms. The monoisotopic (exact) mass is 403 g/mol. The van der Waals surface area contributed by atoms with Gasteiger partial charge < -0.3 is 20.6 Å².